The fourth-order valence-corrected chi connectivity index (χ4v) is 3.90. The van der Waals surface area contributed by atoms with E-state index in [1.54, 1.807) is 0 Å². The first kappa shape index (κ1) is 20.5. The van der Waals surface area contributed by atoms with Crippen molar-refractivity contribution in [2.24, 2.45) is 0 Å². The van der Waals surface area contributed by atoms with Gasteiger partial charge in [0.15, 0.2) is 0 Å². The van der Waals surface area contributed by atoms with E-state index >= 15 is 0 Å². The second-order valence-electron chi connectivity index (χ2n) is 6.79. The van der Waals surface area contributed by atoms with Gasteiger partial charge < -0.3 is 4.74 Å². The smallest absolute Gasteiger partial charge is 0.305 e. The first-order valence-electron chi connectivity index (χ1n) is 9.20. The van der Waals surface area contributed by atoms with E-state index < -0.39 is 0 Å². The highest BCUT2D eigenvalue weighted by atomic mass is 35.5. The maximum absolute atomic E-state index is 12.0. The Bertz CT molecular complexity index is 638. The summed E-state index contributed by atoms with van der Waals surface area (Å²) in [4.78, 5) is 14.3. The van der Waals surface area contributed by atoms with Crippen molar-refractivity contribution in [3.63, 3.8) is 0 Å². The molecule has 4 heteroatoms. The molecule has 1 fully saturated rings. The lowest BCUT2D eigenvalue weighted by atomic mass is 9.79. The number of rotatable bonds is 5. The first-order chi connectivity index (χ1) is 12.2. The van der Waals surface area contributed by atoms with Crippen LogP contribution in [0, 0.1) is 0 Å². The third kappa shape index (κ3) is 4.66. The SMILES string of the molecule is CCC(=O)OC1CCCN(C)C1C(c1ccccc1)c1ccccc1.Cl. The molecule has 2 aromatic carbocycles. The molecule has 1 aliphatic rings. The summed E-state index contributed by atoms with van der Waals surface area (Å²) in [5.41, 5.74) is 2.54. The average Bonchev–Trinajstić information content (AvgIpc) is 2.66. The molecular weight excluding hydrogens is 346 g/mol. The van der Waals surface area contributed by atoms with Crippen LogP contribution in [0.25, 0.3) is 0 Å². The van der Waals surface area contributed by atoms with Gasteiger partial charge in [0.05, 0.1) is 6.04 Å². The van der Waals surface area contributed by atoms with Crippen molar-refractivity contribution in [3.05, 3.63) is 71.8 Å². The quantitative estimate of drug-likeness (QED) is 0.714. The Morgan fingerprint density at radius 1 is 1.08 bits per heavy atom. The molecule has 0 amide bonds. The summed E-state index contributed by atoms with van der Waals surface area (Å²) >= 11 is 0. The third-order valence-corrected chi connectivity index (χ3v) is 5.12. The van der Waals surface area contributed by atoms with Gasteiger partial charge in [-0.1, -0.05) is 67.6 Å². The Morgan fingerprint density at radius 2 is 1.62 bits per heavy atom. The van der Waals surface area contributed by atoms with Gasteiger partial charge in [-0.05, 0) is 37.6 Å². The molecule has 1 aliphatic heterocycles. The Hall–Kier alpha value is -1.84. The van der Waals surface area contributed by atoms with Gasteiger partial charge in [-0.25, -0.2) is 0 Å². The second kappa shape index (κ2) is 9.75. The van der Waals surface area contributed by atoms with Crippen LogP contribution in [0.1, 0.15) is 43.2 Å². The van der Waals surface area contributed by atoms with Crippen LogP contribution in [0.3, 0.4) is 0 Å². The normalized spacial score (nSPS) is 20.4. The summed E-state index contributed by atoms with van der Waals surface area (Å²) in [6, 6.07) is 21.3. The second-order valence-corrected chi connectivity index (χ2v) is 6.79. The molecule has 3 nitrogen and oxygen atoms in total. The van der Waals surface area contributed by atoms with E-state index in [0.29, 0.717) is 6.42 Å². The Kier molecular flexibility index (Phi) is 7.67. The Morgan fingerprint density at radius 3 is 2.12 bits per heavy atom. The van der Waals surface area contributed by atoms with Gasteiger partial charge in [-0.2, -0.15) is 0 Å². The van der Waals surface area contributed by atoms with Gasteiger partial charge in [0.25, 0.3) is 0 Å². The number of carbonyl (C=O) groups is 1. The van der Waals surface area contributed by atoms with Gasteiger partial charge in [0.2, 0.25) is 0 Å². The minimum Gasteiger partial charge on any atom is -0.461 e. The molecule has 1 heterocycles. The third-order valence-electron chi connectivity index (χ3n) is 5.12. The summed E-state index contributed by atoms with van der Waals surface area (Å²) in [5, 5.41) is 0. The maximum Gasteiger partial charge on any atom is 0.305 e. The lowest BCUT2D eigenvalue weighted by Crippen LogP contribution is -2.51. The summed E-state index contributed by atoms with van der Waals surface area (Å²) in [6.45, 7) is 2.89. The number of nitrogens with zero attached hydrogens (tertiary/aromatic N) is 1. The van der Waals surface area contributed by atoms with Crippen molar-refractivity contribution >= 4 is 18.4 Å². The van der Waals surface area contributed by atoms with Crippen LogP contribution in [0.2, 0.25) is 0 Å². The number of piperidine rings is 1. The summed E-state index contributed by atoms with van der Waals surface area (Å²) in [7, 11) is 2.15. The molecule has 26 heavy (non-hydrogen) atoms. The van der Waals surface area contributed by atoms with Crippen LogP contribution < -0.4 is 0 Å². The van der Waals surface area contributed by atoms with Crippen molar-refractivity contribution in [2.75, 3.05) is 13.6 Å². The van der Waals surface area contributed by atoms with Gasteiger partial charge in [-0.3, -0.25) is 9.69 Å². The number of benzene rings is 2. The molecule has 2 aromatic rings. The lowest BCUT2D eigenvalue weighted by molar-refractivity contribution is -0.154. The number of likely N-dealkylation sites (tertiary alicyclic amines) is 1. The number of hydrogen-bond donors (Lipinski definition) is 0. The zero-order chi connectivity index (χ0) is 17.6. The molecule has 2 unspecified atom stereocenters. The standard InChI is InChI=1S/C22H27NO2.ClH/c1-3-20(24)25-19-15-10-16-23(2)22(19)21(17-11-6-4-7-12-17)18-13-8-5-9-14-18;/h4-9,11-14,19,21-22H,3,10,15-16H2,1-2H3;1H. The predicted molar refractivity (Wildman–Crippen MR) is 108 cm³/mol. The monoisotopic (exact) mass is 373 g/mol. The molecule has 1 saturated heterocycles. The van der Waals surface area contributed by atoms with Crippen LogP contribution in [0.4, 0.5) is 0 Å². The predicted octanol–water partition coefficient (Wildman–Crippen LogP) is 4.66. The maximum atomic E-state index is 12.0. The molecule has 0 aromatic heterocycles. The highest BCUT2D eigenvalue weighted by molar-refractivity contribution is 5.85. The number of carbonyl (C=O) groups excluding carboxylic acids is 1. The topological polar surface area (TPSA) is 29.5 Å². The molecule has 140 valence electrons. The number of halogens is 1. The van der Waals surface area contributed by atoms with Gasteiger partial charge >= 0.3 is 5.97 Å². The van der Waals surface area contributed by atoms with E-state index in [2.05, 4.69) is 60.5 Å². The van der Waals surface area contributed by atoms with E-state index in [9.17, 15) is 4.79 Å². The minimum absolute atomic E-state index is 0. The van der Waals surface area contributed by atoms with Crippen LogP contribution in [0.5, 0.6) is 0 Å². The number of likely N-dealkylation sites (N-methyl/N-ethyl adjacent to an activating group) is 1. The molecular formula is C22H28ClNO2. The molecule has 0 radical (unpaired) electrons. The van der Waals surface area contributed by atoms with E-state index in [1.807, 2.05) is 19.1 Å². The summed E-state index contributed by atoms with van der Waals surface area (Å²) < 4.78 is 5.87. The Balaban J connectivity index is 0.00000243. The van der Waals surface area contributed by atoms with Crippen LogP contribution >= 0.6 is 12.4 Å². The van der Waals surface area contributed by atoms with Crippen molar-refractivity contribution < 1.29 is 9.53 Å². The summed E-state index contributed by atoms with van der Waals surface area (Å²) in [5.74, 6) is 0.0764. The molecule has 0 aliphatic carbocycles. The zero-order valence-electron chi connectivity index (χ0n) is 15.5. The van der Waals surface area contributed by atoms with E-state index in [1.165, 1.54) is 11.1 Å². The highest BCUT2D eigenvalue weighted by Gasteiger charge is 2.39. The van der Waals surface area contributed by atoms with E-state index in [4.69, 9.17) is 4.74 Å². The molecule has 0 spiro atoms. The molecule has 0 bridgehead atoms. The van der Waals surface area contributed by atoms with Crippen molar-refractivity contribution in [3.8, 4) is 0 Å². The van der Waals surface area contributed by atoms with Crippen molar-refractivity contribution in [1.29, 1.82) is 0 Å². The highest BCUT2D eigenvalue weighted by Crippen LogP contribution is 2.36. The average molecular weight is 374 g/mol. The fraction of sp³-hybridized carbons (Fsp3) is 0.409. The van der Waals surface area contributed by atoms with E-state index in [-0.39, 0.29) is 36.4 Å². The first-order valence-corrected chi connectivity index (χ1v) is 9.20. The zero-order valence-corrected chi connectivity index (χ0v) is 16.3. The largest absolute Gasteiger partial charge is 0.461 e. The molecule has 0 saturated carbocycles. The summed E-state index contributed by atoms with van der Waals surface area (Å²) in [6.07, 6.45) is 2.34. The molecule has 3 rings (SSSR count). The fourth-order valence-electron chi connectivity index (χ4n) is 3.90. The van der Waals surface area contributed by atoms with Crippen LogP contribution in [-0.2, 0) is 9.53 Å². The molecule has 2 atom stereocenters. The number of hydrogen-bond acceptors (Lipinski definition) is 3. The Labute approximate surface area is 162 Å². The lowest BCUT2D eigenvalue weighted by Gasteiger charge is -2.43. The van der Waals surface area contributed by atoms with Gasteiger partial charge in [0.1, 0.15) is 6.10 Å². The van der Waals surface area contributed by atoms with Gasteiger partial charge in [0, 0.05) is 12.3 Å². The van der Waals surface area contributed by atoms with Crippen molar-refractivity contribution in [2.45, 2.75) is 44.2 Å². The number of esters is 1. The van der Waals surface area contributed by atoms with Crippen molar-refractivity contribution in [1.82, 2.24) is 4.90 Å². The molecule has 0 N–H and O–H groups in total. The minimum atomic E-state index is -0.106. The number of ether oxygens (including phenoxy) is 1. The van der Waals surface area contributed by atoms with Crippen LogP contribution in [-0.4, -0.2) is 36.6 Å². The van der Waals surface area contributed by atoms with Gasteiger partial charge in [-0.15, -0.1) is 12.4 Å². The van der Waals surface area contributed by atoms with E-state index in [0.717, 1.165) is 19.4 Å². The van der Waals surface area contributed by atoms with Crippen LogP contribution in [0.15, 0.2) is 60.7 Å².